The summed E-state index contributed by atoms with van der Waals surface area (Å²) >= 11 is 0. The Kier molecular flexibility index (Phi) is 4.04. The van der Waals surface area contributed by atoms with Gasteiger partial charge in [-0.25, -0.2) is 0 Å². The molecule has 2 aromatic rings. The van der Waals surface area contributed by atoms with Gasteiger partial charge in [-0.2, -0.15) is 0 Å². The summed E-state index contributed by atoms with van der Waals surface area (Å²) in [6.07, 6.45) is 0.0824. The molecule has 2 unspecified atom stereocenters. The lowest BCUT2D eigenvalue weighted by Crippen LogP contribution is -2.45. The number of hydrogen-bond acceptors (Lipinski definition) is 4. The van der Waals surface area contributed by atoms with Crippen LogP contribution in [0.3, 0.4) is 0 Å². The topological polar surface area (TPSA) is 61.7 Å². The molecule has 0 fully saturated rings. The van der Waals surface area contributed by atoms with Crippen LogP contribution in [0.4, 0.5) is 0 Å². The summed E-state index contributed by atoms with van der Waals surface area (Å²) in [4.78, 5) is 0. The Morgan fingerprint density at radius 2 is 2.04 bits per heavy atom. The van der Waals surface area contributed by atoms with Crippen molar-refractivity contribution in [2.45, 2.75) is 32.0 Å². The normalized spacial score (nSPS) is 22.9. The standard InChI is InChI=1S/C19H23NO3/c1-12-7-8-15-14(9-12)10-19(22,11-20-3)18(15)23-17-6-4-5-16(21)13(17)2/h4-9,18,20-22H,10-11H2,1-3H3. The summed E-state index contributed by atoms with van der Waals surface area (Å²) in [5.41, 5.74) is 2.97. The Hall–Kier alpha value is -2.04. The van der Waals surface area contributed by atoms with Crippen LogP contribution in [0.5, 0.6) is 11.5 Å². The average molecular weight is 313 g/mol. The zero-order valence-corrected chi connectivity index (χ0v) is 13.8. The Morgan fingerprint density at radius 3 is 2.78 bits per heavy atom. The number of nitrogens with one attached hydrogen (secondary N) is 1. The molecule has 122 valence electrons. The molecular weight excluding hydrogens is 290 g/mol. The molecule has 0 saturated heterocycles. The second-order valence-electron chi connectivity index (χ2n) is 6.41. The number of phenols is 1. The lowest BCUT2D eigenvalue weighted by molar-refractivity contribution is -0.0487. The van der Waals surface area contributed by atoms with E-state index in [1.807, 2.05) is 39.1 Å². The van der Waals surface area contributed by atoms with E-state index >= 15 is 0 Å². The molecule has 0 spiro atoms. The number of aromatic hydroxyl groups is 1. The first kappa shape index (κ1) is 15.8. The molecule has 0 radical (unpaired) electrons. The van der Waals surface area contributed by atoms with Gasteiger partial charge < -0.3 is 20.3 Å². The van der Waals surface area contributed by atoms with Gasteiger partial charge in [0.1, 0.15) is 17.1 Å². The Bertz CT molecular complexity index is 729. The van der Waals surface area contributed by atoms with Gasteiger partial charge in [0.05, 0.1) is 0 Å². The Labute approximate surface area is 136 Å². The molecule has 0 bridgehead atoms. The predicted molar refractivity (Wildman–Crippen MR) is 90.0 cm³/mol. The highest BCUT2D eigenvalue weighted by Crippen LogP contribution is 2.43. The third kappa shape index (κ3) is 2.80. The summed E-state index contributed by atoms with van der Waals surface area (Å²) in [7, 11) is 1.82. The van der Waals surface area contributed by atoms with E-state index in [2.05, 4.69) is 11.4 Å². The maximum absolute atomic E-state index is 11.1. The van der Waals surface area contributed by atoms with Crippen molar-refractivity contribution in [3.8, 4) is 11.5 Å². The van der Waals surface area contributed by atoms with Crippen LogP contribution in [-0.4, -0.2) is 29.4 Å². The van der Waals surface area contributed by atoms with E-state index in [1.54, 1.807) is 12.1 Å². The molecule has 2 atom stereocenters. The number of rotatable bonds is 4. The quantitative estimate of drug-likeness (QED) is 0.812. The van der Waals surface area contributed by atoms with Crippen LogP contribution in [0.1, 0.15) is 28.4 Å². The van der Waals surface area contributed by atoms with E-state index in [9.17, 15) is 10.2 Å². The van der Waals surface area contributed by atoms with Crippen LogP contribution in [-0.2, 0) is 6.42 Å². The highest BCUT2D eigenvalue weighted by Gasteiger charge is 2.46. The van der Waals surface area contributed by atoms with Gasteiger partial charge in [-0.1, -0.05) is 29.8 Å². The van der Waals surface area contributed by atoms with E-state index in [4.69, 9.17) is 4.74 Å². The number of hydrogen-bond donors (Lipinski definition) is 3. The van der Waals surface area contributed by atoms with Crippen molar-refractivity contribution in [3.05, 3.63) is 58.7 Å². The number of aliphatic hydroxyl groups is 1. The van der Waals surface area contributed by atoms with Gasteiger partial charge in [-0.15, -0.1) is 0 Å². The number of ether oxygens (including phenoxy) is 1. The van der Waals surface area contributed by atoms with Crippen LogP contribution in [0.25, 0.3) is 0 Å². The van der Waals surface area contributed by atoms with Crippen LogP contribution in [0.15, 0.2) is 36.4 Å². The smallest absolute Gasteiger partial charge is 0.154 e. The second kappa shape index (κ2) is 5.87. The van der Waals surface area contributed by atoms with Crippen molar-refractivity contribution in [1.29, 1.82) is 0 Å². The summed E-state index contributed by atoms with van der Waals surface area (Å²) in [5, 5.41) is 24.1. The molecule has 3 rings (SSSR count). The van der Waals surface area contributed by atoms with Crippen molar-refractivity contribution in [1.82, 2.24) is 5.32 Å². The van der Waals surface area contributed by atoms with Gasteiger partial charge in [-0.05, 0) is 44.2 Å². The highest BCUT2D eigenvalue weighted by atomic mass is 16.5. The Balaban J connectivity index is 2.02. The number of phenolic OH excluding ortho intramolecular Hbond substituents is 1. The van der Waals surface area contributed by atoms with Crippen LogP contribution in [0, 0.1) is 13.8 Å². The summed E-state index contributed by atoms with van der Waals surface area (Å²) < 4.78 is 6.17. The number of benzene rings is 2. The lowest BCUT2D eigenvalue weighted by Gasteiger charge is -2.31. The maximum Gasteiger partial charge on any atom is 0.154 e. The molecule has 23 heavy (non-hydrogen) atoms. The van der Waals surface area contributed by atoms with Gasteiger partial charge in [0.25, 0.3) is 0 Å². The Morgan fingerprint density at radius 1 is 1.26 bits per heavy atom. The fourth-order valence-electron chi connectivity index (χ4n) is 3.35. The third-order valence-electron chi connectivity index (χ3n) is 4.55. The van der Waals surface area contributed by atoms with Gasteiger partial charge in [0.2, 0.25) is 0 Å². The van der Waals surface area contributed by atoms with Gasteiger partial charge in [-0.3, -0.25) is 0 Å². The zero-order valence-electron chi connectivity index (χ0n) is 13.8. The van der Waals surface area contributed by atoms with Gasteiger partial charge in [0.15, 0.2) is 6.10 Å². The van der Waals surface area contributed by atoms with Gasteiger partial charge in [0, 0.05) is 18.5 Å². The second-order valence-corrected chi connectivity index (χ2v) is 6.41. The van der Waals surface area contributed by atoms with Crippen molar-refractivity contribution in [2.24, 2.45) is 0 Å². The minimum atomic E-state index is -1.01. The van der Waals surface area contributed by atoms with E-state index < -0.39 is 11.7 Å². The molecule has 4 heteroatoms. The molecule has 0 aliphatic heterocycles. The number of fused-ring (bicyclic) bond motifs is 1. The van der Waals surface area contributed by atoms with Gasteiger partial charge >= 0.3 is 0 Å². The van der Waals surface area contributed by atoms with Crippen molar-refractivity contribution in [3.63, 3.8) is 0 Å². The minimum Gasteiger partial charge on any atom is -0.508 e. The first-order valence-corrected chi connectivity index (χ1v) is 7.86. The molecule has 0 amide bonds. The highest BCUT2D eigenvalue weighted by molar-refractivity contribution is 5.45. The lowest BCUT2D eigenvalue weighted by atomic mass is 9.97. The first-order valence-electron chi connectivity index (χ1n) is 7.86. The first-order chi connectivity index (χ1) is 10.9. The van der Waals surface area contributed by atoms with Crippen molar-refractivity contribution >= 4 is 0 Å². The predicted octanol–water partition coefficient (Wildman–Crippen LogP) is 2.64. The molecular formula is C19H23NO3. The molecule has 0 heterocycles. The van der Waals surface area contributed by atoms with E-state index in [-0.39, 0.29) is 5.75 Å². The van der Waals surface area contributed by atoms with Crippen LogP contribution in [0.2, 0.25) is 0 Å². The third-order valence-corrected chi connectivity index (χ3v) is 4.55. The maximum atomic E-state index is 11.1. The number of aryl methyl sites for hydroxylation is 1. The van der Waals surface area contributed by atoms with E-state index in [1.165, 1.54) is 5.56 Å². The van der Waals surface area contributed by atoms with Crippen LogP contribution < -0.4 is 10.1 Å². The monoisotopic (exact) mass is 313 g/mol. The molecule has 4 nitrogen and oxygen atoms in total. The molecule has 1 aliphatic rings. The van der Waals surface area contributed by atoms with E-state index in [0.717, 1.165) is 11.1 Å². The van der Waals surface area contributed by atoms with Crippen molar-refractivity contribution < 1.29 is 14.9 Å². The van der Waals surface area contributed by atoms with Crippen LogP contribution >= 0.6 is 0 Å². The fraction of sp³-hybridized carbons (Fsp3) is 0.368. The summed E-state index contributed by atoms with van der Waals surface area (Å²) in [6.45, 7) is 4.29. The fourth-order valence-corrected chi connectivity index (χ4v) is 3.35. The van der Waals surface area contributed by atoms with E-state index in [0.29, 0.717) is 24.3 Å². The SMILES string of the molecule is CNCC1(O)Cc2cc(C)ccc2C1Oc1cccc(O)c1C. The molecule has 2 aromatic carbocycles. The molecule has 3 N–H and O–H groups in total. The summed E-state index contributed by atoms with van der Waals surface area (Å²) in [5.74, 6) is 0.791. The average Bonchev–Trinajstić information content (AvgIpc) is 2.75. The minimum absolute atomic E-state index is 0.196. The van der Waals surface area contributed by atoms with Crippen molar-refractivity contribution in [2.75, 3.05) is 13.6 Å². The largest absolute Gasteiger partial charge is 0.508 e. The molecule has 0 aromatic heterocycles. The molecule has 0 saturated carbocycles. The zero-order chi connectivity index (χ0) is 16.6. The summed E-state index contributed by atoms with van der Waals surface area (Å²) in [6, 6.07) is 11.4. The molecule has 1 aliphatic carbocycles. The number of likely N-dealkylation sites (N-methyl/N-ethyl adjacent to an activating group) is 1.